The number of aromatic nitrogens is 1. The number of nitrogens with zero attached hydrogens (tertiary/aromatic N) is 1. The zero-order valence-electron chi connectivity index (χ0n) is 10.8. The fraction of sp³-hybridized carbons (Fsp3) is 0.0769. The number of nitrogens with two attached hydrogens (primary N) is 1. The van der Waals surface area contributed by atoms with E-state index in [1.165, 1.54) is 6.20 Å². The third-order valence-electron chi connectivity index (χ3n) is 2.63. The highest BCUT2D eigenvalue weighted by atomic mass is 32.2. The molecule has 0 aliphatic rings. The molecule has 1 amide bonds. The number of hydrogen-bond acceptors (Lipinski definition) is 4. The van der Waals surface area contributed by atoms with E-state index in [1.807, 2.05) is 0 Å². The molecule has 21 heavy (non-hydrogen) atoms. The van der Waals surface area contributed by atoms with Crippen LogP contribution in [0.2, 0.25) is 0 Å². The lowest BCUT2D eigenvalue weighted by atomic mass is 10.2. The molecule has 6 nitrogen and oxygen atoms in total. The Bertz CT molecular complexity index is 763. The minimum Gasteiger partial charge on any atom is -0.323 e. The highest BCUT2D eigenvalue weighted by Gasteiger charge is 2.13. The molecule has 0 atom stereocenters. The Kier molecular flexibility index (Phi) is 4.29. The average Bonchev–Trinajstić information content (AvgIpc) is 2.41. The van der Waals surface area contributed by atoms with Crippen LogP contribution in [0.4, 0.5) is 10.1 Å². The van der Waals surface area contributed by atoms with E-state index in [9.17, 15) is 17.6 Å². The molecule has 0 aliphatic carbocycles. The topological polar surface area (TPSA) is 102 Å². The summed E-state index contributed by atoms with van der Waals surface area (Å²) in [6.07, 6.45) is 3.14. The number of nitrogens with one attached hydrogen (secondary N) is 1. The van der Waals surface area contributed by atoms with Crippen LogP contribution in [0.1, 0.15) is 5.56 Å². The molecule has 0 bridgehead atoms. The Morgan fingerprint density at radius 3 is 2.67 bits per heavy atom. The van der Waals surface area contributed by atoms with Gasteiger partial charge < -0.3 is 5.32 Å². The van der Waals surface area contributed by atoms with Crippen LogP contribution >= 0.6 is 0 Å². The van der Waals surface area contributed by atoms with Crippen molar-refractivity contribution in [3.63, 3.8) is 0 Å². The van der Waals surface area contributed by atoms with E-state index in [4.69, 9.17) is 5.14 Å². The molecule has 0 unspecified atom stereocenters. The van der Waals surface area contributed by atoms with E-state index in [0.717, 1.165) is 18.2 Å². The molecule has 0 saturated carbocycles. The molecule has 0 fully saturated rings. The summed E-state index contributed by atoms with van der Waals surface area (Å²) in [6, 6.07) is 6.43. The third kappa shape index (κ3) is 4.07. The zero-order chi connectivity index (χ0) is 15.5. The summed E-state index contributed by atoms with van der Waals surface area (Å²) in [7, 11) is -3.98. The van der Waals surface area contributed by atoms with Crippen molar-refractivity contribution < 1.29 is 17.6 Å². The largest absolute Gasteiger partial charge is 0.323 e. The fourth-order valence-electron chi connectivity index (χ4n) is 1.66. The first-order valence-electron chi connectivity index (χ1n) is 5.87. The second kappa shape index (κ2) is 5.98. The predicted molar refractivity (Wildman–Crippen MR) is 74.3 cm³/mol. The summed E-state index contributed by atoms with van der Waals surface area (Å²) >= 11 is 0. The molecule has 0 spiro atoms. The van der Waals surface area contributed by atoms with Gasteiger partial charge in [0.25, 0.3) is 0 Å². The number of primary sulfonamides is 1. The van der Waals surface area contributed by atoms with Gasteiger partial charge in [-0.15, -0.1) is 0 Å². The van der Waals surface area contributed by atoms with Gasteiger partial charge in [0, 0.05) is 12.4 Å². The second-order valence-corrected chi connectivity index (χ2v) is 5.83. The normalized spacial score (nSPS) is 11.1. The first-order valence-corrected chi connectivity index (χ1v) is 7.42. The van der Waals surface area contributed by atoms with Crippen molar-refractivity contribution in [3.8, 4) is 0 Å². The summed E-state index contributed by atoms with van der Waals surface area (Å²) in [5.74, 6) is -1.31. The number of carbonyl (C=O) groups is 1. The van der Waals surface area contributed by atoms with Crippen LogP contribution < -0.4 is 10.5 Å². The highest BCUT2D eigenvalue weighted by Crippen LogP contribution is 2.18. The Balaban J connectivity index is 2.11. The quantitative estimate of drug-likeness (QED) is 0.881. The maximum atomic E-state index is 13.7. The van der Waals surface area contributed by atoms with Gasteiger partial charge in [-0.25, -0.2) is 17.9 Å². The van der Waals surface area contributed by atoms with Gasteiger partial charge in [-0.05, 0) is 29.8 Å². The maximum Gasteiger partial charge on any atom is 0.238 e. The van der Waals surface area contributed by atoms with Crippen molar-refractivity contribution >= 4 is 21.6 Å². The summed E-state index contributed by atoms with van der Waals surface area (Å²) in [5, 5.41) is 7.25. The fourth-order valence-corrected chi connectivity index (χ4v) is 2.18. The maximum absolute atomic E-state index is 13.7. The van der Waals surface area contributed by atoms with Crippen LogP contribution in [0, 0.1) is 5.82 Å². The molecule has 8 heteroatoms. The molecule has 0 saturated heterocycles. The third-order valence-corrected chi connectivity index (χ3v) is 3.54. The Morgan fingerprint density at radius 2 is 2.10 bits per heavy atom. The molecule has 3 N–H and O–H groups in total. The van der Waals surface area contributed by atoms with Gasteiger partial charge in [0.15, 0.2) is 0 Å². The van der Waals surface area contributed by atoms with Gasteiger partial charge in [-0.2, -0.15) is 0 Å². The summed E-state index contributed by atoms with van der Waals surface area (Å²) < 4.78 is 35.9. The molecule has 1 aromatic heterocycles. The number of amides is 1. The van der Waals surface area contributed by atoms with Gasteiger partial charge in [0.1, 0.15) is 5.82 Å². The predicted octanol–water partition coefficient (Wildman–Crippen LogP) is 1.05. The molecular formula is C13H12FN3O3S. The van der Waals surface area contributed by atoms with E-state index in [0.29, 0.717) is 5.56 Å². The molecule has 1 aromatic carbocycles. The number of halogens is 1. The van der Waals surface area contributed by atoms with Crippen molar-refractivity contribution in [1.29, 1.82) is 0 Å². The monoisotopic (exact) mass is 309 g/mol. The first kappa shape index (κ1) is 15.1. The van der Waals surface area contributed by atoms with Gasteiger partial charge in [0.05, 0.1) is 17.0 Å². The number of rotatable bonds is 4. The SMILES string of the molecule is NS(=O)(=O)c1ccc(NC(=O)Cc2cccnc2)c(F)c1. The van der Waals surface area contributed by atoms with E-state index < -0.39 is 21.7 Å². The minimum absolute atomic E-state index is 0.0320. The number of sulfonamides is 1. The van der Waals surface area contributed by atoms with E-state index in [2.05, 4.69) is 10.3 Å². The summed E-state index contributed by atoms with van der Waals surface area (Å²) in [5.41, 5.74) is 0.563. The van der Waals surface area contributed by atoms with Crippen molar-refractivity contribution in [1.82, 2.24) is 4.98 Å². The average molecular weight is 309 g/mol. The smallest absolute Gasteiger partial charge is 0.238 e. The van der Waals surface area contributed by atoms with Crippen molar-refractivity contribution in [2.45, 2.75) is 11.3 Å². The van der Waals surface area contributed by atoms with Crippen LogP contribution in [0.5, 0.6) is 0 Å². The first-order chi connectivity index (χ1) is 9.86. The second-order valence-electron chi connectivity index (χ2n) is 4.27. The molecule has 110 valence electrons. The van der Waals surface area contributed by atoms with Crippen LogP contribution in [0.25, 0.3) is 0 Å². The molecule has 0 aliphatic heterocycles. The standard InChI is InChI=1S/C13H12FN3O3S/c14-11-7-10(21(15,19)20)3-4-12(11)17-13(18)6-9-2-1-5-16-8-9/h1-5,7-8H,6H2,(H,17,18)(H2,15,19,20). The van der Waals surface area contributed by atoms with E-state index in [-0.39, 0.29) is 17.0 Å². The van der Waals surface area contributed by atoms with Gasteiger partial charge >= 0.3 is 0 Å². The van der Waals surface area contributed by atoms with Crippen LogP contribution in [0.15, 0.2) is 47.6 Å². The molecule has 2 rings (SSSR count). The Morgan fingerprint density at radius 1 is 1.33 bits per heavy atom. The van der Waals surface area contributed by atoms with E-state index >= 15 is 0 Å². The van der Waals surface area contributed by atoms with Crippen molar-refractivity contribution in [2.24, 2.45) is 5.14 Å². The van der Waals surface area contributed by atoms with Crippen LogP contribution in [0.3, 0.4) is 0 Å². The molecular weight excluding hydrogens is 297 g/mol. The minimum atomic E-state index is -3.98. The van der Waals surface area contributed by atoms with Crippen LogP contribution in [-0.2, 0) is 21.2 Å². The summed E-state index contributed by atoms with van der Waals surface area (Å²) in [6.45, 7) is 0. The van der Waals surface area contributed by atoms with Crippen LogP contribution in [-0.4, -0.2) is 19.3 Å². The lowest BCUT2D eigenvalue weighted by molar-refractivity contribution is -0.115. The lowest BCUT2D eigenvalue weighted by Crippen LogP contribution is -2.16. The number of anilines is 1. The zero-order valence-corrected chi connectivity index (χ0v) is 11.6. The Labute approximate surface area is 120 Å². The summed E-state index contributed by atoms with van der Waals surface area (Å²) in [4.78, 5) is 15.3. The van der Waals surface area contributed by atoms with E-state index in [1.54, 1.807) is 18.3 Å². The molecule has 1 heterocycles. The highest BCUT2D eigenvalue weighted by molar-refractivity contribution is 7.89. The Hall–Kier alpha value is -2.32. The molecule has 0 radical (unpaired) electrons. The van der Waals surface area contributed by atoms with Crippen molar-refractivity contribution in [2.75, 3.05) is 5.32 Å². The number of pyridine rings is 1. The van der Waals surface area contributed by atoms with Crippen molar-refractivity contribution in [3.05, 3.63) is 54.1 Å². The molecule has 2 aromatic rings. The lowest BCUT2D eigenvalue weighted by Gasteiger charge is -2.07. The van der Waals surface area contributed by atoms with Gasteiger partial charge in [-0.3, -0.25) is 9.78 Å². The number of hydrogen-bond donors (Lipinski definition) is 2. The number of benzene rings is 1. The number of carbonyl (C=O) groups excluding carboxylic acids is 1. The van der Waals surface area contributed by atoms with Gasteiger partial charge in [0.2, 0.25) is 15.9 Å². The van der Waals surface area contributed by atoms with Gasteiger partial charge in [-0.1, -0.05) is 6.07 Å².